The van der Waals surface area contributed by atoms with Crippen molar-refractivity contribution in [3.05, 3.63) is 28.2 Å². The Bertz CT molecular complexity index is 582. The lowest BCUT2D eigenvalue weighted by molar-refractivity contribution is -0.138. The van der Waals surface area contributed by atoms with E-state index in [0.717, 1.165) is 25.7 Å². The van der Waals surface area contributed by atoms with E-state index in [2.05, 4.69) is 10.6 Å². The van der Waals surface area contributed by atoms with E-state index in [-0.39, 0.29) is 17.0 Å². The fraction of sp³-hybridized carbons (Fsp3) is 0.500. The standard InChI is InChI=1S/C16H20Cl2N2O2/c1-16(2,14(21)19-10-6-3-4-7-10)15(22)20-12-9-5-8-11(17)13(12)18/h5,8-10H,3-4,6-7H2,1-2H3,(H,19,21)(H,20,22). The van der Waals surface area contributed by atoms with Crippen LogP contribution in [-0.2, 0) is 9.59 Å². The normalized spacial score (nSPS) is 15.6. The lowest BCUT2D eigenvalue weighted by Gasteiger charge is -2.25. The van der Waals surface area contributed by atoms with Crippen LogP contribution in [-0.4, -0.2) is 17.9 Å². The molecule has 1 saturated carbocycles. The zero-order chi connectivity index (χ0) is 16.3. The Hall–Kier alpha value is -1.26. The SMILES string of the molecule is CC(C)(C(=O)Nc1cccc(Cl)c1Cl)C(=O)NC1CCCC1. The van der Waals surface area contributed by atoms with Gasteiger partial charge in [0.25, 0.3) is 0 Å². The first kappa shape index (κ1) is 17.1. The molecule has 1 aromatic rings. The van der Waals surface area contributed by atoms with Crippen molar-refractivity contribution in [1.29, 1.82) is 0 Å². The molecule has 0 aliphatic heterocycles. The molecule has 1 fully saturated rings. The molecule has 0 spiro atoms. The van der Waals surface area contributed by atoms with Gasteiger partial charge >= 0.3 is 0 Å². The summed E-state index contributed by atoms with van der Waals surface area (Å²) in [6.45, 7) is 3.20. The van der Waals surface area contributed by atoms with Crippen molar-refractivity contribution < 1.29 is 9.59 Å². The van der Waals surface area contributed by atoms with Crippen LogP contribution < -0.4 is 10.6 Å². The Morgan fingerprint density at radius 1 is 1.14 bits per heavy atom. The molecule has 0 aromatic heterocycles. The highest BCUT2D eigenvalue weighted by Gasteiger charge is 2.37. The highest BCUT2D eigenvalue weighted by molar-refractivity contribution is 6.44. The molecule has 2 amide bonds. The number of amides is 2. The van der Waals surface area contributed by atoms with Gasteiger partial charge in [0, 0.05) is 6.04 Å². The van der Waals surface area contributed by atoms with Gasteiger partial charge in [-0.2, -0.15) is 0 Å². The van der Waals surface area contributed by atoms with Crippen LogP contribution in [0.5, 0.6) is 0 Å². The van der Waals surface area contributed by atoms with Crippen LogP contribution in [0.1, 0.15) is 39.5 Å². The van der Waals surface area contributed by atoms with Crippen molar-refractivity contribution in [2.24, 2.45) is 5.41 Å². The van der Waals surface area contributed by atoms with Crippen LogP contribution in [0.3, 0.4) is 0 Å². The van der Waals surface area contributed by atoms with Gasteiger partial charge in [0.2, 0.25) is 11.8 Å². The zero-order valence-electron chi connectivity index (χ0n) is 12.7. The van der Waals surface area contributed by atoms with Crippen LogP contribution in [0.4, 0.5) is 5.69 Å². The van der Waals surface area contributed by atoms with E-state index in [4.69, 9.17) is 23.2 Å². The van der Waals surface area contributed by atoms with Gasteiger partial charge in [0.15, 0.2) is 0 Å². The lowest BCUT2D eigenvalue weighted by Crippen LogP contribution is -2.48. The molecule has 2 N–H and O–H groups in total. The third kappa shape index (κ3) is 3.73. The first-order chi connectivity index (χ1) is 10.3. The molecule has 0 heterocycles. The maximum atomic E-state index is 12.4. The Labute approximate surface area is 140 Å². The smallest absolute Gasteiger partial charge is 0.239 e. The van der Waals surface area contributed by atoms with Crippen molar-refractivity contribution in [2.75, 3.05) is 5.32 Å². The summed E-state index contributed by atoms with van der Waals surface area (Å²) in [4.78, 5) is 24.8. The first-order valence-corrected chi connectivity index (χ1v) is 8.14. The molecule has 1 aromatic carbocycles. The van der Waals surface area contributed by atoms with Crippen LogP contribution >= 0.6 is 23.2 Å². The predicted octanol–water partition coefficient (Wildman–Crippen LogP) is 4.02. The van der Waals surface area contributed by atoms with Crippen LogP contribution in [0.15, 0.2) is 18.2 Å². The Morgan fingerprint density at radius 2 is 1.77 bits per heavy atom. The summed E-state index contributed by atoms with van der Waals surface area (Å²) in [5.41, 5.74) is -0.783. The summed E-state index contributed by atoms with van der Waals surface area (Å²) in [6.07, 6.45) is 4.19. The summed E-state index contributed by atoms with van der Waals surface area (Å²) in [5.74, 6) is -0.679. The summed E-state index contributed by atoms with van der Waals surface area (Å²) in [5, 5.41) is 6.26. The monoisotopic (exact) mass is 342 g/mol. The first-order valence-electron chi connectivity index (χ1n) is 7.39. The second kappa shape index (κ2) is 6.88. The topological polar surface area (TPSA) is 58.2 Å². The van der Waals surface area contributed by atoms with Gasteiger partial charge < -0.3 is 10.6 Å². The van der Waals surface area contributed by atoms with Crippen molar-refractivity contribution in [2.45, 2.75) is 45.6 Å². The molecule has 0 radical (unpaired) electrons. The molecular weight excluding hydrogens is 323 g/mol. The molecule has 0 atom stereocenters. The minimum atomic E-state index is -1.19. The summed E-state index contributed by atoms with van der Waals surface area (Å²) >= 11 is 12.0. The second-order valence-corrected chi connectivity index (χ2v) is 6.92. The fourth-order valence-corrected chi connectivity index (χ4v) is 2.77. The number of nitrogens with one attached hydrogen (secondary N) is 2. The number of halogens is 2. The largest absolute Gasteiger partial charge is 0.352 e. The number of hydrogen-bond acceptors (Lipinski definition) is 2. The van der Waals surface area contributed by atoms with Crippen molar-refractivity contribution >= 4 is 40.7 Å². The van der Waals surface area contributed by atoms with E-state index in [9.17, 15) is 9.59 Å². The van der Waals surface area contributed by atoms with Gasteiger partial charge in [-0.1, -0.05) is 42.1 Å². The van der Waals surface area contributed by atoms with E-state index in [1.807, 2.05) is 0 Å². The molecule has 1 aliphatic rings. The molecule has 1 aliphatic carbocycles. The van der Waals surface area contributed by atoms with Gasteiger partial charge in [0.05, 0.1) is 15.7 Å². The van der Waals surface area contributed by atoms with Crippen LogP contribution in [0.2, 0.25) is 10.0 Å². The quantitative estimate of drug-likeness (QED) is 0.812. The third-order valence-electron chi connectivity index (χ3n) is 4.03. The molecule has 0 unspecified atom stereocenters. The predicted molar refractivity (Wildman–Crippen MR) is 89.3 cm³/mol. The minimum Gasteiger partial charge on any atom is -0.352 e. The van der Waals surface area contributed by atoms with Gasteiger partial charge in [-0.3, -0.25) is 9.59 Å². The summed E-state index contributed by atoms with van der Waals surface area (Å²) in [6, 6.07) is 5.15. The highest BCUT2D eigenvalue weighted by atomic mass is 35.5. The van der Waals surface area contributed by atoms with E-state index < -0.39 is 11.3 Å². The van der Waals surface area contributed by atoms with E-state index in [0.29, 0.717) is 10.7 Å². The zero-order valence-corrected chi connectivity index (χ0v) is 14.2. The number of carbonyl (C=O) groups is 2. The van der Waals surface area contributed by atoms with Gasteiger partial charge in [-0.15, -0.1) is 0 Å². The average Bonchev–Trinajstić information content (AvgIpc) is 2.96. The van der Waals surface area contributed by atoms with Crippen molar-refractivity contribution in [3.8, 4) is 0 Å². The van der Waals surface area contributed by atoms with Gasteiger partial charge in [-0.25, -0.2) is 0 Å². The number of anilines is 1. The Kier molecular flexibility index (Phi) is 5.35. The lowest BCUT2D eigenvalue weighted by atomic mass is 9.90. The molecule has 2 rings (SSSR count). The fourth-order valence-electron chi connectivity index (χ4n) is 2.42. The Morgan fingerprint density at radius 3 is 2.41 bits per heavy atom. The Balaban J connectivity index is 2.05. The molecule has 6 heteroatoms. The second-order valence-electron chi connectivity index (χ2n) is 6.14. The number of rotatable bonds is 4. The number of hydrogen-bond donors (Lipinski definition) is 2. The maximum Gasteiger partial charge on any atom is 0.239 e. The minimum absolute atomic E-state index is 0.175. The molecule has 120 valence electrons. The molecule has 4 nitrogen and oxygen atoms in total. The number of benzene rings is 1. The van der Waals surface area contributed by atoms with Crippen molar-refractivity contribution in [3.63, 3.8) is 0 Å². The van der Waals surface area contributed by atoms with Gasteiger partial charge in [0.1, 0.15) is 5.41 Å². The molecule has 0 saturated heterocycles. The van der Waals surface area contributed by atoms with E-state index >= 15 is 0 Å². The third-order valence-corrected chi connectivity index (χ3v) is 4.84. The molecule has 22 heavy (non-hydrogen) atoms. The average molecular weight is 343 g/mol. The van der Waals surface area contributed by atoms with Crippen LogP contribution in [0.25, 0.3) is 0 Å². The maximum absolute atomic E-state index is 12.4. The number of carbonyl (C=O) groups excluding carboxylic acids is 2. The highest BCUT2D eigenvalue weighted by Crippen LogP contribution is 2.31. The van der Waals surface area contributed by atoms with E-state index in [1.165, 1.54) is 0 Å². The van der Waals surface area contributed by atoms with E-state index in [1.54, 1.807) is 32.0 Å². The molecular formula is C16H20Cl2N2O2. The summed E-state index contributed by atoms with van der Waals surface area (Å²) in [7, 11) is 0. The van der Waals surface area contributed by atoms with Crippen LogP contribution in [0, 0.1) is 5.41 Å². The summed E-state index contributed by atoms with van der Waals surface area (Å²) < 4.78 is 0. The van der Waals surface area contributed by atoms with Crippen molar-refractivity contribution in [1.82, 2.24) is 5.32 Å². The molecule has 0 bridgehead atoms. The van der Waals surface area contributed by atoms with Gasteiger partial charge in [-0.05, 0) is 38.8 Å².